The van der Waals surface area contributed by atoms with Gasteiger partial charge in [-0.3, -0.25) is 9.59 Å². The number of aliphatic carboxylic acids is 1. The number of hydrogen-bond acceptors (Lipinski definition) is 4. The molecule has 0 spiro atoms. The number of carbonyl (C=O) groups is 3. The molecular formula is C27H32N2O5. The van der Waals surface area contributed by atoms with Crippen LogP contribution in [-0.4, -0.2) is 41.8 Å². The van der Waals surface area contributed by atoms with E-state index in [2.05, 4.69) is 34.9 Å². The van der Waals surface area contributed by atoms with Crippen LogP contribution in [0.4, 0.5) is 4.79 Å². The van der Waals surface area contributed by atoms with Gasteiger partial charge < -0.3 is 20.5 Å². The average molecular weight is 465 g/mol. The summed E-state index contributed by atoms with van der Waals surface area (Å²) in [5.41, 5.74) is 4.63. The van der Waals surface area contributed by atoms with Crippen molar-refractivity contribution in [2.75, 3.05) is 6.61 Å². The lowest BCUT2D eigenvalue weighted by Crippen LogP contribution is -2.45. The molecule has 0 unspecified atom stereocenters. The number of carboxylic acid groups (broad SMARTS) is 1. The van der Waals surface area contributed by atoms with Crippen molar-refractivity contribution in [3.8, 4) is 11.1 Å². The van der Waals surface area contributed by atoms with Crippen molar-refractivity contribution >= 4 is 18.0 Å². The van der Waals surface area contributed by atoms with Crippen LogP contribution in [0.25, 0.3) is 11.1 Å². The first-order valence-electron chi connectivity index (χ1n) is 12.0. The standard InChI is InChI=1S/C27H32N2O5/c1-17(14-25(30)29-24-13-7-2-8-18(24)15-26(31)32)28-27(33)34-16-23-21-11-5-3-9-19(21)20-10-4-6-12-22(20)23/h3-6,9-12,17-18,23-24H,2,7-8,13-16H2,1H3,(H,28,33)(H,29,30)(H,31,32)/t17-,18-,24-/m1/s1. The summed E-state index contributed by atoms with van der Waals surface area (Å²) < 4.78 is 5.56. The molecular weight excluding hydrogens is 432 g/mol. The molecule has 0 aromatic heterocycles. The zero-order chi connectivity index (χ0) is 24.1. The zero-order valence-corrected chi connectivity index (χ0v) is 19.5. The quantitative estimate of drug-likeness (QED) is 0.535. The molecule has 1 fully saturated rings. The molecule has 4 rings (SSSR count). The molecule has 3 N–H and O–H groups in total. The number of carboxylic acids is 1. The molecule has 2 amide bonds. The Morgan fingerprint density at radius 2 is 1.62 bits per heavy atom. The molecule has 0 saturated heterocycles. The summed E-state index contributed by atoms with van der Waals surface area (Å²) in [6.07, 6.45) is 3.20. The molecule has 2 aromatic carbocycles. The summed E-state index contributed by atoms with van der Waals surface area (Å²) in [6, 6.07) is 15.8. The molecule has 34 heavy (non-hydrogen) atoms. The summed E-state index contributed by atoms with van der Waals surface area (Å²) in [7, 11) is 0. The van der Waals surface area contributed by atoms with Crippen LogP contribution in [0, 0.1) is 5.92 Å². The van der Waals surface area contributed by atoms with Crippen molar-refractivity contribution in [1.29, 1.82) is 0 Å². The van der Waals surface area contributed by atoms with Crippen LogP contribution in [0.2, 0.25) is 0 Å². The maximum absolute atomic E-state index is 12.5. The number of ether oxygens (including phenoxy) is 1. The first kappa shape index (κ1) is 23.8. The van der Waals surface area contributed by atoms with E-state index < -0.39 is 18.1 Å². The topological polar surface area (TPSA) is 105 Å². The highest BCUT2D eigenvalue weighted by Crippen LogP contribution is 2.44. The fourth-order valence-corrected chi connectivity index (χ4v) is 5.30. The molecule has 2 aromatic rings. The minimum atomic E-state index is -0.837. The van der Waals surface area contributed by atoms with Gasteiger partial charge in [0.05, 0.1) is 6.42 Å². The van der Waals surface area contributed by atoms with Crippen molar-refractivity contribution in [3.05, 3.63) is 59.7 Å². The summed E-state index contributed by atoms with van der Waals surface area (Å²) in [6.45, 7) is 1.98. The van der Waals surface area contributed by atoms with E-state index in [9.17, 15) is 14.4 Å². The van der Waals surface area contributed by atoms with Gasteiger partial charge in [-0.1, -0.05) is 61.4 Å². The molecule has 3 atom stereocenters. The minimum absolute atomic E-state index is 0.0192. The molecule has 7 nitrogen and oxygen atoms in total. The Morgan fingerprint density at radius 1 is 1.00 bits per heavy atom. The van der Waals surface area contributed by atoms with E-state index in [0.717, 1.165) is 36.8 Å². The lowest BCUT2D eigenvalue weighted by molar-refractivity contribution is -0.139. The van der Waals surface area contributed by atoms with Crippen molar-refractivity contribution < 1.29 is 24.2 Å². The Hall–Kier alpha value is -3.35. The van der Waals surface area contributed by atoms with Crippen LogP contribution in [0.5, 0.6) is 0 Å². The Balaban J connectivity index is 1.27. The predicted octanol–water partition coefficient (Wildman–Crippen LogP) is 4.45. The number of fused-ring (bicyclic) bond motifs is 3. The van der Waals surface area contributed by atoms with E-state index in [1.807, 2.05) is 24.3 Å². The largest absolute Gasteiger partial charge is 0.481 e. The van der Waals surface area contributed by atoms with Gasteiger partial charge in [0, 0.05) is 24.4 Å². The molecule has 0 radical (unpaired) electrons. The van der Waals surface area contributed by atoms with Gasteiger partial charge in [-0.05, 0) is 47.9 Å². The zero-order valence-electron chi connectivity index (χ0n) is 19.5. The van der Waals surface area contributed by atoms with Crippen LogP contribution in [0.15, 0.2) is 48.5 Å². The second-order valence-electron chi connectivity index (χ2n) is 9.39. The molecule has 0 aliphatic heterocycles. The number of alkyl carbamates (subject to hydrolysis) is 1. The van der Waals surface area contributed by atoms with Gasteiger partial charge in [0.1, 0.15) is 6.61 Å². The van der Waals surface area contributed by atoms with E-state index in [0.29, 0.717) is 0 Å². The highest BCUT2D eigenvalue weighted by atomic mass is 16.5. The van der Waals surface area contributed by atoms with Crippen LogP contribution in [-0.2, 0) is 14.3 Å². The summed E-state index contributed by atoms with van der Waals surface area (Å²) >= 11 is 0. The van der Waals surface area contributed by atoms with Crippen LogP contribution in [0.1, 0.15) is 62.5 Å². The lowest BCUT2D eigenvalue weighted by atomic mass is 9.82. The number of nitrogens with one attached hydrogen (secondary N) is 2. The Kier molecular flexibility index (Phi) is 7.50. The van der Waals surface area contributed by atoms with Crippen molar-refractivity contribution in [1.82, 2.24) is 10.6 Å². The Morgan fingerprint density at radius 3 is 2.26 bits per heavy atom. The number of hydrogen-bond donors (Lipinski definition) is 3. The normalized spacial score (nSPS) is 20.0. The van der Waals surface area contributed by atoms with Gasteiger partial charge in [0.15, 0.2) is 0 Å². The second-order valence-corrected chi connectivity index (χ2v) is 9.39. The molecule has 7 heteroatoms. The minimum Gasteiger partial charge on any atom is -0.481 e. The monoisotopic (exact) mass is 464 g/mol. The first-order chi connectivity index (χ1) is 16.4. The van der Waals surface area contributed by atoms with Gasteiger partial charge in [0.25, 0.3) is 0 Å². The highest BCUT2D eigenvalue weighted by molar-refractivity contribution is 5.80. The number of amides is 2. The lowest BCUT2D eigenvalue weighted by Gasteiger charge is -2.31. The molecule has 2 aliphatic carbocycles. The number of benzene rings is 2. The van der Waals surface area contributed by atoms with E-state index in [1.54, 1.807) is 6.92 Å². The highest BCUT2D eigenvalue weighted by Gasteiger charge is 2.30. The third-order valence-corrected chi connectivity index (χ3v) is 6.89. The van der Waals surface area contributed by atoms with Gasteiger partial charge in [-0.2, -0.15) is 0 Å². The molecule has 180 valence electrons. The first-order valence-corrected chi connectivity index (χ1v) is 12.0. The molecule has 2 aliphatic rings. The number of rotatable bonds is 8. The van der Waals surface area contributed by atoms with E-state index in [-0.39, 0.29) is 43.2 Å². The van der Waals surface area contributed by atoms with Crippen LogP contribution in [0.3, 0.4) is 0 Å². The van der Waals surface area contributed by atoms with Crippen molar-refractivity contribution in [2.45, 2.75) is 63.5 Å². The SMILES string of the molecule is C[C@H](CC(=O)N[C@@H]1CCCC[C@@H]1CC(=O)O)NC(=O)OCC1c2ccccc2-c2ccccc21. The number of carbonyl (C=O) groups excluding carboxylic acids is 2. The van der Waals surface area contributed by atoms with Crippen molar-refractivity contribution in [3.63, 3.8) is 0 Å². The molecule has 1 saturated carbocycles. The Bertz CT molecular complexity index is 1010. The molecule has 0 bridgehead atoms. The maximum Gasteiger partial charge on any atom is 0.407 e. The maximum atomic E-state index is 12.5. The van der Waals surface area contributed by atoms with Gasteiger partial charge in [0.2, 0.25) is 5.91 Å². The van der Waals surface area contributed by atoms with E-state index in [4.69, 9.17) is 9.84 Å². The molecule has 0 heterocycles. The summed E-state index contributed by atoms with van der Waals surface area (Å²) in [4.78, 5) is 36.1. The third kappa shape index (κ3) is 5.58. The van der Waals surface area contributed by atoms with Crippen LogP contribution < -0.4 is 10.6 Å². The van der Waals surface area contributed by atoms with Gasteiger partial charge >= 0.3 is 12.1 Å². The van der Waals surface area contributed by atoms with E-state index in [1.165, 1.54) is 11.1 Å². The second kappa shape index (κ2) is 10.7. The van der Waals surface area contributed by atoms with Crippen molar-refractivity contribution in [2.24, 2.45) is 5.92 Å². The van der Waals surface area contributed by atoms with Gasteiger partial charge in [-0.15, -0.1) is 0 Å². The smallest absolute Gasteiger partial charge is 0.407 e. The Labute approximate surface area is 199 Å². The summed E-state index contributed by atoms with van der Waals surface area (Å²) in [5, 5.41) is 14.9. The summed E-state index contributed by atoms with van der Waals surface area (Å²) in [5.74, 6) is -1.08. The van der Waals surface area contributed by atoms with Gasteiger partial charge in [-0.25, -0.2) is 4.79 Å². The van der Waals surface area contributed by atoms with E-state index >= 15 is 0 Å². The fourth-order valence-electron chi connectivity index (χ4n) is 5.30. The van der Waals surface area contributed by atoms with Crippen LogP contribution >= 0.6 is 0 Å². The fraction of sp³-hybridized carbons (Fsp3) is 0.444. The average Bonchev–Trinajstić information content (AvgIpc) is 3.12. The third-order valence-electron chi connectivity index (χ3n) is 6.89. The predicted molar refractivity (Wildman–Crippen MR) is 128 cm³/mol.